The van der Waals surface area contributed by atoms with Crippen molar-refractivity contribution in [1.29, 1.82) is 0 Å². The highest BCUT2D eigenvalue weighted by molar-refractivity contribution is 5.69. The fourth-order valence-electron chi connectivity index (χ4n) is 5.74. The Morgan fingerprint density at radius 3 is 2.07 bits per heavy atom. The minimum absolute atomic E-state index is 0.140. The predicted octanol–water partition coefficient (Wildman–Crippen LogP) is 7.15. The molecule has 4 heterocycles. The number of nitrogens with one attached hydrogen (secondary N) is 2. The number of benzene rings is 2. The molecule has 2 aromatic heterocycles. The molecule has 1 unspecified atom stereocenters. The quantitative estimate of drug-likeness (QED) is 0.219. The van der Waals surface area contributed by atoms with Crippen LogP contribution in [0.25, 0.3) is 22.5 Å². The first-order chi connectivity index (χ1) is 20.6. The van der Waals surface area contributed by atoms with Gasteiger partial charge in [0.05, 0.1) is 35.9 Å². The molecule has 2 amide bonds. The second kappa shape index (κ2) is 11.5. The third-order valence-electron chi connectivity index (χ3n) is 7.75. The van der Waals surface area contributed by atoms with Crippen LogP contribution in [-0.4, -0.2) is 65.7 Å². The van der Waals surface area contributed by atoms with Gasteiger partial charge in [-0.15, -0.1) is 0 Å². The number of aromatic nitrogens is 4. The van der Waals surface area contributed by atoms with Crippen molar-refractivity contribution in [3.63, 3.8) is 0 Å². The fourth-order valence-corrected chi connectivity index (χ4v) is 5.74. The molecule has 43 heavy (non-hydrogen) atoms. The van der Waals surface area contributed by atoms with Gasteiger partial charge in [0, 0.05) is 18.7 Å². The van der Waals surface area contributed by atoms with E-state index in [4.69, 9.17) is 9.47 Å². The molecule has 0 radical (unpaired) electrons. The topological polar surface area (TPSA) is 137 Å². The Hall–Kier alpha value is -4.80. The molecule has 3 N–H and O–H groups in total. The number of likely N-dealkylation sites (tertiary alicyclic amines) is 2. The lowest BCUT2D eigenvalue weighted by atomic mass is 10.1. The molecule has 0 aliphatic carbocycles. The lowest BCUT2D eigenvalue weighted by Gasteiger charge is -2.27. The summed E-state index contributed by atoms with van der Waals surface area (Å²) in [5.41, 5.74) is 2.96. The molecule has 2 aromatic carbocycles. The highest BCUT2D eigenvalue weighted by Gasteiger charge is 2.35. The number of ether oxygens (including phenoxy) is 2. The lowest BCUT2D eigenvalue weighted by Crippen LogP contribution is -2.36. The lowest BCUT2D eigenvalue weighted by molar-refractivity contribution is 0.0218. The number of H-pyrrole nitrogens is 2. The summed E-state index contributed by atoms with van der Waals surface area (Å²) in [6, 6.07) is 15.0. The van der Waals surface area contributed by atoms with E-state index in [2.05, 4.69) is 19.9 Å². The van der Waals surface area contributed by atoms with E-state index in [1.807, 2.05) is 69.3 Å². The molecule has 2 saturated heterocycles. The zero-order chi connectivity index (χ0) is 30.1. The number of rotatable bonds is 6. The normalized spacial score (nSPS) is 18.7. The van der Waals surface area contributed by atoms with Crippen LogP contribution >= 0.6 is 0 Å². The van der Waals surface area contributed by atoms with E-state index in [1.165, 1.54) is 4.90 Å². The van der Waals surface area contributed by atoms with E-state index < -0.39 is 11.7 Å². The van der Waals surface area contributed by atoms with Gasteiger partial charge in [0.2, 0.25) is 0 Å². The minimum Gasteiger partial charge on any atom is -0.465 e. The molecule has 2 fully saturated rings. The van der Waals surface area contributed by atoms with Crippen molar-refractivity contribution in [1.82, 2.24) is 29.7 Å². The first-order valence-corrected chi connectivity index (χ1v) is 14.6. The van der Waals surface area contributed by atoms with Crippen molar-refractivity contribution in [3.05, 3.63) is 72.6 Å². The Bertz CT molecular complexity index is 1600. The largest absolute Gasteiger partial charge is 0.465 e. The number of carboxylic acid groups (broad SMARTS) is 1. The minimum atomic E-state index is -0.923. The van der Waals surface area contributed by atoms with Gasteiger partial charge < -0.3 is 24.5 Å². The van der Waals surface area contributed by atoms with Crippen molar-refractivity contribution in [2.45, 2.75) is 64.1 Å². The van der Waals surface area contributed by atoms with Gasteiger partial charge in [0.15, 0.2) is 0 Å². The molecular weight excluding hydrogens is 548 g/mol. The molecule has 6 rings (SSSR count). The maximum Gasteiger partial charge on any atom is 0.410 e. The van der Waals surface area contributed by atoms with Gasteiger partial charge in [-0.1, -0.05) is 12.1 Å². The zero-order valence-corrected chi connectivity index (χ0v) is 24.5. The molecule has 11 heteroatoms. The first-order valence-electron chi connectivity index (χ1n) is 14.6. The van der Waals surface area contributed by atoms with Gasteiger partial charge in [-0.3, -0.25) is 9.80 Å². The molecule has 4 aromatic rings. The van der Waals surface area contributed by atoms with Gasteiger partial charge in [0.1, 0.15) is 28.7 Å². The monoisotopic (exact) mass is 584 g/mol. The Morgan fingerprint density at radius 2 is 1.44 bits per heavy atom. The van der Waals surface area contributed by atoms with Crippen molar-refractivity contribution in [2.75, 3.05) is 13.1 Å². The molecule has 2 aliphatic rings. The van der Waals surface area contributed by atoms with Crippen LogP contribution in [0, 0.1) is 0 Å². The zero-order valence-electron chi connectivity index (χ0n) is 24.5. The molecule has 0 spiro atoms. The summed E-state index contributed by atoms with van der Waals surface area (Å²) in [5.74, 6) is 2.76. The van der Waals surface area contributed by atoms with Gasteiger partial charge in [0.25, 0.3) is 0 Å². The van der Waals surface area contributed by atoms with Crippen LogP contribution < -0.4 is 4.74 Å². The number of nitrogens with zero attached hydrogens (tertiary/aromatic N) is 4. The number of amides is 2. The molecular formula is C32H36N6O5. The average Bonchev–Trinajstić information content (AvgIpc) is 3.78. The maximum absolute atomic E-state index is 12.7. The highest BCUT2D eigenvalue weighted by Crippen LogP contribution is 2.35. The summed E-state index contributed by atoms with van der Waals surface area (Å²) < 4.78 is 11.7. The predicted molar refractivity (Wildman–Crippen MR) is 160 cm³/mol. The Kier molecular flexibility index (Phi) is 7.55. The maximum atomic E-state index is 12.7. The number of carbonyl (C=O) groups excluding carboxylic acids is 1. The molecule has 2 aliphatic heterocycles. The van der Waals surface area contributed by atoms with E-state index in [9.17, 15) is 14.7 Å². The van der Waals surface area contributed by atoms with Crippen molar-refractivity contribution in [3.8, 4) is 34.0 Å². The van der Waals surface area contributed by atoms with Crippen molar-refractivity contribution < 1.29 is 24.2 Å². The number of aromatic amines is 2. The van der Waals surface area contributed by atoms with Crippen LogP contribution in [-0.2, 0) is 4.74 Å². The van der Waals surface area contributed by atoms with Gasteiger partial charge in [-0.25, -0.2) is 19.6 Å². The summed E-state index contributed by atoms with van der Waals surface area (Å²) in [4.78, 5) is 43.2. The van der Waals surface area contributed by atoms with Crippen molar-refractivity contribution >= 4 is 12.2 Å². The van der Waals surface area contributed by atoms with Gasteiger partial charge >= 0.3 is 12.2 Å². The Labute approximate surface area is 249 Å². The first kappa shape index (κ1) is 28.3. The van der Waals surface area contributed by atoms with E-state index in [-0.39, 0.29) is 18.2 Å². The SMILES string of the molecule is CC(C)(C)OC(=O)N1CCC[C@H]1c1ncc(-c2ccc(Oc3cccc(-c4cnc(C5CCCN5C(=O)O)[nH]4)c3)cc2)[nH]1. The Balaban J connectivity index is 1.12. The fraction of sp³-hybridized carbons (Fsp3) is 0.375. The average molecular weight is 585 g/mol. The Morgan fingerprint density at radius 1 is 0.837 bits per heavy atom. The van der Waals surface area contributed by atoms with E-state index in [1.54, 1.807) is 17.3 Å². The summed E-state index contributed by atoms with van der Waals surface area (Å²) in [6.07, 6.45) is 5.60. The highest BCUT2D eigenvalue weighted by atomic mass is 16.6. The van der Waals surface area contributed by atoms with E-state index in [0.29, 0.717) is 30.4 Å². The summed E-state index contributed by atoms with van der Waals surface area (Å²) in [7, 11) is 0. The molecule has 0 bridgehead atoms. The molecule has 0 saturated carbocycles. The second-order valence-electron chi connectivity index (χ2n) is 12.0. The second-order valence-corrected chi connectivity index (χ2v) is 12.0. The van der Waals surface area contributed by atoms with Crippen LogP contribution in [0.3, 0.4) is 0 Å². The van der Waals surface area contributed by atoms with Crippen LogP contribution in [0.2, 0.25) is 0 Å². The number of carbonyl (C=O) groups is 2. The van der Waals surface area contributed by atoms with E-state index in [0.717, 1.165) is 54.0 Å². The van der Waals surface area contributed by atoms with Crippen LogP contribution in [0.5, 0.6) is 11.5 Å². The summed E-state index contributed by atoms with van der Waals surface area (Å²) >= 11 is 0. The standard InChI is InChI=1S/C32H36N6O5/c1-32(2,3)43-31(41)38-16-6-10-27(38)29-33-18-24(35-29)20-11-13-22(14-12-20)42-23-8-4-7-21(17-23)25-19-34-28(36-25)26-9-5-15-37(26)30(39)40/h4,7-8,11-14,17-19,26-27H,5-6,9-10,15-16H2,1-3H3,(H,33,35)(H,34,36)(H,39,40)/t26?,27-/m0/s1. The smallest absolute Gasteiger partial charge is 0.410 e. The van der Waals surface area contributed by atoms with Crippen LogP contribution in [0.4, 0.5) is 9.59 Å². The molecule has 11 nitrogen and oxygen atoms in total. The number of hydrogen-bond acceptors (Lipinski definition) is 6. The number of imidazole rings is 2. The summed E-state index contributed by atoms with van der Waals surface area (Å²) in [5, 5.41) is 9.48. The van der Waals surface area contributed by atoms with Gasteiger partial charge in [-0.05, 0) is 88.4 Å². The number of hydrogen-bond donors (Lipinski definition) is 3. The summed E-state index contributed by atoms with van der Waals surface area (Å²) in [6.45, 7) is 6.78. The van der Waals surface area contributed by atoms with Crippen LogP contribution in [0.1, 0.15) is 70.2 Å². The molecule has 2 atom stereocenters. The third-order valence-corrected chi connectivity index (χ3v) is 7.75. The molecule has 224 valence electrons. The van der Waals surface area contributed by atoms with Crippen molar-refractivity contribution in [2.24, 2.45) is 0 Å². The van der Waals surface area contributed by atoms with Crippen LogP contribution in [0.15, 0.2) is 60.9 Å². The van der Waals surface area contributed by atoms with Gasteiger partial charge in [-0.2, -0.15) is 0 Å². The third kappa shape index (κ3) is 6.20. The van der Waals surface area contributed by atoms with E-state index >= 15 is 0 Å².